The lowest BCUT2D eigenvalue weighted by Crippen LogP contribution is -2.60. The van der Waals surface area contributed by atoms with Crippen LogP contribution in [-0.4, -0.2) is 249 Å². The molecule has 46 heteroatoms. The van der Waals surface area contributed by atoms with Crippen molar-refractivity contribution in [2.24, 2.45) is 66.6 Å². The molecule has 11 atom stereocenters. The number of aromatic amines is 1. The average molecular weight is 1450 g/mol. The number of rotatable bonds is 51. The first-order valence-electron chi connectivity index (χ1n) is 31.7. The van der Waals surface area contributed by atoms with Gasteiger partial charge in [0.15, 0.2) is 17.9 Å². The van der Waals surface area contributed by atoms with Crippen molar-refractivity contribution in [3.63, 3.8) is 0 Å². The molecule has 0 bridgehead atoms. The Morgan fingerprint density at radius 1 is 0.441 bits per heavy atom. The molecule has 1 aromatic heterocycles. The van der Waals surface area contributed by atoms with Gasteiger partial charge in [-0.05, 0) is 84.5 Å². The summed E-state index contributed by atoms with van der Waals surface area (Å²) in [4.78, 5) is 228. The van der Waals surface area contributed by atoms with Crippen molar-refractivity contribution in [1.29, 1.82) is 0 Å². The zero-order valence-corrected chi connectivity index (χ0v) is 56.2. The van der Waals surface area contributed by atoms with Crippen molar-refractivity contribution >= 4 is 113 Å². The van der Waals surface area contributed by atoms with Crippen LogP contribution in [0.5, 0.6) is 0 Å². The van der Waals surface area contributed by atoms with Crippen molar-refractivity contribution in [3.8, 4) is 0 Å². The highest BCUT2D eigenvalue weighted by Gasteiger charge is 2.36. The van der Waals surface area contributed by atoms with Crippen molar-refractivity contribution in [2.75, 3.05) is 39.3 Å². The molecule has 0 aliphatic rings. The minimum atomic E-state index is -1.92. The van der Waals surface area contributed by atoms with Gasteiger partial charge in [-0.2, -0.15) is 0 Å². The number of H-pyrrole nitrogens is 1. The molecule has 0 saturated heterocycles. The summed E-state index contributed by atoms with van der Waals surface area (Å²) < 4.78 is 0. The minimum absolute atomic E-state index is 0.0217. The quantitative estimate of drug-likeness (QED) is 0.0164. The highest BCUT2D eigenvalue weighted by atomic mass is 16.4. The van der Waals surface area contributed by atoms with E-state index in [4.69, 9.17) is 51.6 Å². The number of urea groups is 1. The topological polar surface area (TPSA) is 798 Å². The molecule has 0 aliphatic carbocycles. The number of amides is 14. The van der Waals surface area contributed by atoms with Crippen LogP contribution in [0.1, 0.15) is 109 Å². The molecule has 1 heterocycles. The SMILES string of the molecule is C[C@H](NC(=O)[C@H](C)NC(=O)[C@H](CCCN=C(N)N)NC(=O)[C@H](CO)NC(=O)[C@H](CCC(=O)O)NC(=O)CNC(=O)[C@H](CCCNC(N)=O)NC(=O)[C@H](CCCN=C(N)N)NC(=O)[C@H](CCCN=C(N)N)NC(=O)[C@H](CCC(=O)O)NC(=O)[C@H](CCC(N)=O)NC(=O)[C@@H](N)Cc1cnc[nH]1)C(=O)O. The zero-order chi connectivity index (χ0) is 77.2. The van der Waals surface area contributed by atoms with Crippen LogP contribution in [0.2, 0.25) is 0 Å². The van der Waals surface area contributed by atoms with Gasteiger partial charge in [0.2, 0.25) is 70.9 Å². The molecule has 102 heavy (non-hydrogen) atoms. The maximum atomic E-state index is 14.5. The molecule has 570 valence electrons. The monoisotopic (exact) mass is 1450 g/mol. The molecular formula is C56H96N26O20. The number of carbonyl (C=O) groups excluding carboxylic acids is 13. The van der Waals surface area contributed by atoms with Gasteiger partial charge in [0.25, 0.3) is 0 Å². The van der Waals surface area contributed by atoms with E-state index in [1.165, 1.54) is 19.4 Å². The van der Waals surface area contributed by atoms with Crippen LogP contribution in [0.3, 0.4) is 0 Å². The number of imidazole rings is 1. The van der Waals surface area contributed by atoms with Gasteiger partial charge in [0.1, 0.15) is 60.4 Å². The molecule has 0 saturated carbocycles. The molecule has 0 radical (unpaired) electrons. The molecule has 1 aromatic rings. The summed E-state index contributed by atoms with van der Waals surface area (Å²) in [6.07, 6.45) is -2.56. The predicted octanol–water partition coefficient (Wildman–Crippen LogP) is -12.0. The van der Waals surface area contributed by atoms with Gasteiger partial charge in [0.05, 0.1) is 25.5 Å². The largest absolute Gasteiger partial charge is 0.481 e. The third-order valence-electron chi connectivity index (χ3n) is 14.3. The van der Waals surface area contributed by atoms with Gasteiger partial charge in [-0.25, -0.2) is 9.78 Å². The summed E-state index contributed by atoms with van der Waals surface area (Å²) >= 11 is 0. The summed E-state index contributed by atoms with van der Waals surface area (Å²) in [6.45, 7) is -0.383. The lowest BCUT2D eigenvalue weighted by atomic mass is 10.0. The van der Waals surface area contributed by atoms with E-state index in [1.54, 1.807) is 0 Å². The van der Waals surface area contributed by atoms with Crippen LogP contribution < -0.4 is 115 Å². The third-order valence-corrected chi connectivity index (χ3v) is 14.3. The van der Waals surface area contributed by atoms with Gasteiger partial charge in [-0.15, -0.1) is 0 Å². The van der Waals surface area contributed by atoms with Crippen LogP contribution in [0.15, 0.2) is 27.5 Å². The lowest BCUT2D eigenvalue weighted by molar-refractivity contribution is -0.141. The second-order valence-corrected chi connectivity index (χ2v) is 22.8. The number of nitrogens with zero attached hydrogens (tertiary/aromatic N) is 4. The molecule has 14 amide bonds. The summed E-state index contributed by atoms with van der Waals surface area (Å²) in [5, 5.41) is 66.4. The van der Waals surface area contributed by atoms with Gasteiger partial charge in [0, 0.05) is 63.8 Å². The second-order valence-electron chi connectivity index (χ2n) is 22.8. The Labute approximate surface area is 582 Å². The Morgan fingerprint density at radius 3 is 1.19 bits per heavy atom. The smallest absolute Gasteiger partial charge is 0.325 e. The maximum Gasteiger partial charge on any atom is 0.325 e. The summed E-state index contributed by atoms with van der Waals surface area (Å²) in [7, 11) is 0. The number of hydrogen-bond acceptors (Lipinski definition) is 22. The number of guanidine groups is 3. The number of nitrogens with two attached hydrogens (primary N) is 9. The van der Waals surface area contributed by atoms with Gasteiger partial charge in [-0.3, -0.25) is 86.9 Å². The fourth-order valence-electron chi connectivity index (χ4n) is 8.88. The normalized spacial score (nSPS) is 14.0. The predicted molar refractivity (Wildman–Crippen MR) is 357 cm³/mol. The zero-order valence-electron chi connectivity index (χ0n) is 56.2. The number of hydrogen-bond donors (Lipinski definition) is 26. The Balaban J connectivity index is 3.65. The summed E-state index contributed by atoms with van der Waals surface area (Å²) in [6, 6.07) is -18.7. The molecule has 0 spiro atoms. The first-order chi connectivity index (χ1) is 47.9. The van der Waals surface area contributed by atoms with Crippen LogP contribution >= 0.6 is 0 Å². The van der Waals surface area contributed by atoms with Crippen LogP contribution in [-0.2, 0) is 78.3 Å². The fraction of sp³-hybridized carbons (Fsp3) is 0.607. The Hall–Kier alpha value is -11.7. The molecule has 46 nitrogen and oxygen atoms in total. The van der Waals surface area contributed by atoms with Crippen LogP contribution in [0.25, 0.3) is 0 Å². The molecule has 0 unspecified atom stereocenters. The van der Waals surface area contributed by atoms with E-state index in [9.17, 15) is 97.1 Å². The Bertz CT molecular complexity index is 3120. The van der Waals surface area contributed by atoms with E-state index in [1.807, 2.05) is 0 Å². The number of aliphatic carboxylic acids is 3. The number of aliphatic hydroxyl groups excluding tert-OH is 1. The first kappa shape index (κ1) is 88.3. The summed E-state index contributed by atoms with van der Waals surface area (Å²) in [5.41, 5.74) is 49.8. The lowest BCUT2D eigenvalue weighted by Gasteiger charge is -2.27. The molecule has 0 aliphatic heterocycles. The Kier molecular flexibility index (Phi) is 40.9. The van der Waals surface area contributed by atoms with Crippen molar-refractivity contribution in [1.82, 2.24) is 73.8 Å². The van der Waals surface area contributed by atoms with E-state index in [0.29, 0.717) is 5.69 Å². The van der Waals surface area contributed by atoms with E-state index in [-0.39, 0.29) is 102 Å². The Morgan fingerprint density at radius 2 is 0.804 bits per heavy atom. The van der Waals surface area contributed by atoms with E-state index >= 15 is 0 Å². The van der Waals surface area contributed by atoms with Gasteiger partial charge < -0.3 is 141 Å². The van der Waals surface area contributed by atoms with E-state index in [2.05, 4.69) is 88.7 Å². The number of carbonyl (C=O) groups is 16. The second kappa shape index (κ2) is 47.3. The van der Waals surface area contributed by atoms with E-state index < -0.39 is 213 Å². The number of primary amides is 2. The van der Waals surface area contributed by atoms with Crippen LogP contribution in [0, 0.1) is 0 Å². The minimum Gasteiger partial charge on any atom is -0.481 e. The van der Waals surface area contributed by atoms with Crippen molar-refractivity contribution in [2.45, 2.75) is 177 Å². The first-order valence-corrected chi connectivity index (χ1v) is 31.7. The molecular weight excluding hydrogens is 1360 g/mol. The van der Waals surface area contributed by atoms with Crippen molar-refractivity contribution < 1.29 is 97.1 Å². The number of aliphatic hydroxyl groups is 1. The van der Waals surface area contributed by atoms with Gasteiger partial charge >= 0.3 is 23.9 Å². The number of nitrogens with one attached hydrogen (secondary N) is 13. The summed E-state index contributed by atoms with van der Waals surface area (Å²) in [5.74, 6) is -18.4. The number of carboxylic acid groups (broad SMARTS) is 3. The highest BCUT2D eigenvalue weighted by molar-refractivity contribution is 5.99. The number of aromatic nitrogens is 2. The molecule has 0 fully saturated rings. The highest BCUT2D eigenvalue weighted by Crippen LogP contribution is 2.11. The van der Waals surface area contributed by atoms with Gasteiger partial charge in [-0.1, -0.05) is 0 Å². The maximum absolute atomic E-state index is 14.5. The van der Waals surface area contributed by atoms with Crippen molar-refractivity contribution in [3.05, 3.63) is 18.2 Å². The molecule has 0 aromatic carbocycles. The fourth-order valence-corrected chi connectivity index (χ4v) is 8.88. The molecule has 1 rings (SSSR count). The number of carboxylic acids is 3. The van der Waals surface area contributed by atoms with Crippen LogP contribution in [0.4, 0.5) is 4.79 Å². The third kappa shape index (κ3) is 37.8. The molecule has 35 N–H and O–H groups in total. The number of aliphatic imine (C=N–C) groups is 3. The standard InChI is InChI=1S/C56H96N26O20/c1-26(42(90)74-27(2)52(100)101)73-45(93)31(8-3-17-67-53(59)60)80-51(99)37(24-83)82-48(96)34(12-15-40(86)87)75-39(85)23-71-44(92)30(7-6-20-70-56(65)102)77-46(94)32(9-4-18-68-54(61)62)78-47(95)33(10-5-19-69-55(63)64)79-50(98)36(13-16-41(88)89)81-49(97)35(11-14-38(58)84)76-43(91)29(57)21-28-22-66-25-72-28/h22,25-27,29-37,83H,3-21,23-24,57H2,1-2H3,(H2,58,84)(H,66,72)(H,71,92)(H,73,93)(H,74,90)(H,75,85)(H,76,91)(H,77,94)(H,78,95)(H,79,98)(H,80,99)(H,81,97)(H,82,96)(H,86,87)(H,88,89)(H,100,101)(H4,59,60,67)(H4,61,62,68)(H4,63,64,69)(H3,65,70,102)/t26-,27-,29-,30-,31-,32-,33-,34-,35-,36-,37-/m0/s1. The average Bonchev–Trinajstić information content (AvgIpc) is 1.33. The van der Waals surface area contributed by atoms with E-state index in [0.717, 1.165) is 6.92 Å².